The molecule has 0 saturated carbocycles. The number of hydrogen-bond acceptors (Lipinski definition) is 5. The minimum atomic E-state index is 0.507. The van der Waals surface area contributed by atoms with Gasteiger partial charge in [0.05, 0.1) is 6.61 Å². The summed E-state index contributed by atoms with van der Waals surface area (Å²) in [7, 11) is 1.73. The maximum absolute atomic E-state index is 5.03. The van der Waals surface area contributed by atoms with Gasteiger partial charge in [0.1, 0.15) is 0 Å². The molecule has 0 bridgehead atoms. The molecule has 1 heterocycles. The van der Waals surface area contributed by atoms with Crippen LogP contribution in [0.4, 0.5) is 5.13 Å². The monoisotopic (exact) mass is 299 g/mol. The summed E-state index contributed by atoms with van der Waals surface area (Å²) < 4.78 is 5.03. The molecule has 0 aliphatic carbocycles. The molecule has 4 nitrogen and oxygen atoms in total. The van der Waals surface area contributed by atoms with E-state index >= 15 is 0 Å². The summed E-state index contributed by atoms with van der Waals surface area (Å²) in [5.74, 6) is 0. The van der Waals surface area contributed by atoms with Crippen LogP contribution in [0.25, 0.3) is 0 Å². The third-order valence-corrected chi connectivity index (χ3v) is 4.23. The molecule has 1 rings (SSSR count). The lowest BCUT2D eigenvalue weighted by atomic mass is 10.2. The first-order valence-corrected chi connectivity index (χ1v) is 8.41. The van der Waals surface area contributed by atoms with Gasteiger partial charge in [0.15, 0.2) is 5.13 Å². The van der Waals surface area contributed by atoms with Crippen LogP contribution in [0.3, 0.4) is 0 Å². The second kappa shape index (κ2) is 10.1. The van der Waals surface area contributed by atoms with Crippen LogP contribution in [0, 0.1) is 0 Å². The van der Waals surface area contributed by atoms with Gasteiger partial charge in [-0.05, 0) is 20.3 Å². The minimum Gasteiger partial charge on any atom is -0.383 e. The van der Waals surface area contributed by atoms with Gasteiger partial charge in [-0.2, -0.15) is 0 Å². The maximum Gasteiger partial charge on any atom is 0.185 e. The molecule has 1 N–H and O–H groups in total. The summed E-state index contributed by atoms with van der Waals surface area (Å²) in [6, 6.07) is 0.507. The molecular formula is C15H29N3OS. The average Bonchev–Trinajstić information content (AvgIpc) is 2.88. The molecule has 1 aromatic rings. The first kappa shape index (κ1) is 17.4. The van der Waals surface area contributed by atoms with Crippen LogP contribution in [0.1, 0.15) is 44.9 Å². The molecule has 0 unspecified atom stereocenters. The second-order valence-corrected chi connectivity index (χ2v) is 6.37. The average molecular weight is 299 g/mol. The van der Waals surface area contributed by atoms with Crippen molar-refractivity contribution in [2.24, 2.45) is 0 Å². The largest absolute Gasteiger partial charge is 0.383 e. The molecule has 0 amide bonds. The summed E-state index contributed by atoms with van der Waals surface area (Å²) >= 11 is 1.80. The quantitative estimate of drug-likeness (QED) is 0.636. The molecule has 0 aromatic carbocycles. The Morgan fingerprint density at radius 3 is 2.85 bits per heavy atom. The number of thiazole rings is 1. The van der Waals surface area contributed by atoms with Gasteiger partial charge >= 0.3 is 0 Å². The standard InChI is InChI=1S/C15H29N3OS/c1-5-6-7-9-18(13(2)3)15-17-12-14(20-15)11-16-8-10-19-4/h12-13,16H,5-11H2,1-4H3. The fraction of sp³-hybridized carbons (Fsp3) is 0.800. The molecule has 0 radical (unpaired) electrons. The summed E-state index contributed by atoms with van der Waals surface area (Å²) in [5.41, 5.74) is 0. The van der Waals surface area contributed by atoms with E-state index in [1.165, 1.54) is 24.1 Å². The van der Waals surface area contributed by atoms with Gasteiger partial charge in [0.2, 0.25) is 0 Å². The number of methoxy groups -OCH3 is 1. The van der Waals surface area contributed by atoms with E-state index in [2.05, 4.69) is 36.0 Å². The molecule has 20 heavy (non-hydrogen) atoms. The highest BCUT2D eigenvalue weighted by atomic mass is 32.1. The Labute approximate surface area is 127 Å². The van der Waals surface area contributed by atoms with Crippen molar-refractivity contribution in [2.45, 2.75) is 52.6 Å². The van der Waals surface area contributed by atoms with Crippen molar-refractivity contribution in [3.8, 4) is 0 Å². The van der Waals surface area contributed by atoms with Gasteiger partial charge in [0.25, 0.3) is 0 Å². The second-order valence-electron chi connectivity index (χ2n) is 5.27. The molecule has 116 valence electrons. The van der Waals surface area contributed by atoms with E-state index in [-0.39, 0.29) is 0 Å². The Kier molecular flexibility index (Phi) is 8.82. The van der Waals surface area contributed by atoms with Gasteiger partial charge in [-0.25, -0.2) is 4.98 Å². The van der Waals surface area contributed by atoms with E-state index in [1.807, 2.05) is 6.20 Å². The first-order chi connectivity index (χ1) is 9.69. The van der Waals surface area contributed by atoms with Crippen LogP contribution in [0.15, 0.2) is 6.20 Å². The third kappa shape index (κ3) is 6.20. The Bertz CT molecular complexity index is 355. The van der Waals surface area contributed by atoms with Crippen molar-refractivity contribution < 1.29 is 4.74 Å². The van der Waals surface area contributed by atoms with Gasteiger partial charge < -0.3 is 15.0 Å². The topological polar surface area (TPSA) is 37.4 Å². The van der Waals surface area contributed by atoms with E-state index in [4.69, 9.17) is 4.74 Å². The van der Waals surface area contributed by atoms with Crippen LogP contribution in [-0.4, -0.2) is 37.8 Å². The van der Waals surface area contributed by atoms with Crippen LogP contribution in [-0.2, 0) is 11.3 Å². The zero-order valence-corrected chi connectivity index (χ0v) is 14.1. The Morgan fingerprint density at radius 1 is 1.40 bits per heavy atom. The summed E-state index contributed by atoms with van der Waals surface area (Å²) in [5, 5.41) is 4.52. The highest BCUT2D eigenvalue weighted by Gasteiger charge is 2.14. The molecule has 1 aromatic heterocycles. The lowest BCUT2D eigenvalue weighted by Gasteiger charge is -2.26. The number of anilines is 1. The van der Waals surface area contributed by atoms with Crippen molar-refractivity contribution in [1.82, 2.24) is 10.3 Å². The van der Waals surface area contributed by atoms with Gasteiger partial charge in [-0.1, -0.05) is 19.8 Å². The Balaban J connectivity index is 2.48. The molecule has 0 saturated heterocycles. The molecule has 5 heteroatoms. The van der Waals surface area contributed by atoms with Crippen molar-refractivity contribution in [1.29, 1.82) is 0 Å². The van der Waals surface area contributed by atoms with Gasteiger partial charge in [0, 0.05) is 43.9 Å². The van der Waals surface area contributed by atoms with Crippen molar-refractivity contribution in [2.75, 3.05) is 31.7 Å². The smallest absolute Gasteiger partial charge is 0.185 e. The van der Waals surface area contributed by atoms with E-state index < -0.39 is 0 Å². The van der Waals surface area contributed by atoms with Crippen molar-refractivity contribution in [3.05, 3.63) is 11.1 Å². The molecule has 0 aliphatic rings. The highest BCUT2D eigenvalue weighted by molar-refractivity contribution is 7.15. The zero-order valence-electron chi connectivity index (χ0n) is 13.3. The highest BCUT2D eigenvalue weighted by Crippen LogP contribution is 2.24. The molecule has 0 spiro atoms. The van der Waals surface area contributed by atoms with Crippen LogP contribution < -0.4 is 10.2 Å². The fourth-order valence-electron chi connectivity index (χ4n) is 2.00. The van der Waals surface area contributed by atoms with Crippen LogP contribution in [0.5, 0.6) is 0 Å². The molecule has 0 atom stereocenters. The summed E-state index contributed by atoms with van der Waals surface area (Å²) in [6.45, 7) is 10.3. The Morgan fingerprint density at radius 2 is 2.20 bits per heavy atom. The third-order valence-electron chi connectivity index (χ3n) is 3.20. The van der Waals surface area contributed by atoms with Crippen molar-refractivity contribution >= 4 is 16.5 Å². The normalized spacial score (nSPS) is 11.2. The minimum absolute atomic E-state index is 0.507. The lowest BCUT2D eigenvalue weighted by molar-refractivity contribution is 0.199. The summed E-state index contributed by atoms with van der Waals surface area (Å²) in [6.07, 6.45) is 5.79. The predicted molar refractivity (Wildman–Crippen MR) is 87.7 cm³/mol. The van der Waals surface area contributed by atoms with Gasteiger partial charge in [-0.15, -0.1) is 11.3 Å². The van der Waals surface area contributed by atoms with Crippen molar-refractivity contribution in [3.63, 3.8) is 0 Å². The number of nitrogens with one attached hydrogen (secondary N) is 1. The number of ether oxygens (including phenoxy) is 1. The zero-order chi connectivity index (χ0) is 14.8. The number of hydrogen-bond donors (Lipinski definition) is 1. The number of rotatable bonds is 11. The number of nitrogens with zero attached hydrogens (tertiary/aromatic N) is 2. The van der Waals surface area contributed by atoms with E-state index in [0.717, 1.165) is 31.4 Å². The summed E-state index contributed by atoms with van der Waals surface area (Å²) in [4.78, 5) is 8.29. The Hall–Kier alpha value is -0.650. The SMILES string of the molecule is CCCCCN(c1ncc(CNCCOC)s1)C(C)C. The van der Waals surface area contributed by atoms with Gasteiger partial charge in [-0.3, -0.25) is 0 Å². The fourth-order valence-corrected chi connectivity index (χ4v) is 3.04. The molecule has 0 fully saturated rings. The van der Waals surface area contributed by atoms with E-state index in [0.29, 0.717) is 6.04 Å². The first-order valence-electron chi connectivity index (χ1n) is 7.60. The van der Waals surface area contributed by atoms with E-state index in [1.54, 1.807) is 18.4 Å². The van der Waals surface area contributed by atoms with Crippen LogP contribution in [0.2, 0.25) is 0 Å². The van der Waals surface area contributed by atoms with Crippen LogP contribution >= 0.6 is 11.3 Å². The predicted octanol–water partition coefficient (Wildman–Crippen LogP) is 3.28. The molecule has 0 aliphatic heterocycles. The maximum atomic E-state index is 5.03. The van der Waals surface area contributed by atoms with E-state index in [9.17, 15) is 0 Å². The number of aromatic nitrogens is 1. The lowest BCUT2D eigenvalue weighted by Crippen LogP contribution is -2.31. The number of unbranched alkanes of at least 4 members (excludes halogenated alkanes) is 2. The molecular weight excluding hydrogens is 270 g/mol.